The second-order valence-electron chi connectivity index (χ2n) is 11.2. The first kappa shape index (κ1) is 40.1. The molecule has 0 aromatic heterocycles. The van der Waals surface area contributed by atoms with Crippen LogP contribution in [0.5, 0.6) is 0 Å². The molecule has 0 heterocycles. The number of rotatable bonds is 31. The van der Waals surface area contributed by atoms with E-state index in [1.165, 1.54) is 77.0 Å². The van der Waals surface area contributed by atoms with E-state index in [1.807, 2.05) is 0 Å². The Morgan fingerprint density at radius 3 is 1.48 bits per heavy atom. The summed E-state index contributed by atoms with van der Waals surface area (Å²) < 4.78 is 11.0. The molecule has 0 aliphatic carbocycles. The molecule has 0 spiro atoms. The molecule has 0 fully saturated rings. The first-order valence-electron chi connectivity index (χ1n) is 17.4. The molecule has 1 N–H and O–H groups in total. The summed E-state index contributed by atoms with van der Waals surface area (Å²) in [4.78, 5) is 12.1. The summed E-state index contributed by atoms with van der Waals surface area (Å²) >= 11 is 0. The maximum atomic E-state index is 12.1. The zero-order valence-electron chi connectivity index (χ0n) is 27.5. The lowest BCUT2D eigenvalue weighted by atomic mass is 10.0. The van der Waals surface area contributed by atoms with E-state index in [1.54, 1.807) is 0 Å². The minimum atomic E-state index is -0.572. The fourth-order valence-corrected chi connectivity index (χ4v) is 4.57. The molecular formula is C38H66O4. The van der Waals surface area contributed by atoms with Gasteiger partial charge in [-0.2, -0.15) is 0 Å². The van der Waals surface area contributed by atoms with Gasteiger partial charge in [-0.1, -0.05) is 158 Å². The zero-order valence-corrected chi connectivity index (χ0v) is 27.5. The van der Waals surface area contributed by atoms with Crippen LogP contribution >= 0.6 is 0 Å². The fourth-order valence-electron chi connectivity index (χ4n) is 4.57. The maximum Gasteiger partial charge on any atom is 0.306 e. The predicted molar refractivity (Wildman–Crippen MR) is 182 cm³/mol. The van der Waals surface area contributed by atoms with E-state index in [0.29, 0.717) is 13.0 Å². The summed E-state index contributed by atoms with van der Waals surface area (Å²) in [5, 5.41) is 9.52. The fraction of sp³-hybridized carbons (Fsp3) is 0.711. The van der Waals surface area contributed by atoms with Gasteiger partial charge >= 0.3 is 5.97 Å². The van der Waals surface area contributed by atoms with Crippen molar-refractivity contribution in [3.63, 3.8) is 0 Å². The van der Waals surface area contributed by atoms with Gasteiger partial charge in [0.15, 0.2) is 0 Å². The predicted octanol–water partition coefficient (Wildman–Crippen LogP) is 10.9. The average Bonchev–Trinajstić information content (AvgIpc) is 3.00. The molecule has 0 saturated heterocycles. The summed E-state index contributed by atoms with van der Waals surface area (Å²) in [6.07, 6.45) is 45.6. The van der Waals surface area contributed by atoms with Gasteiger partial charge in [0.05, 0.1) is 19.8 Å². The molecule has 0 amide bonds. The van der Waals surface area contributed by atoms with E-state index >= 15 is 0 Å². The first-order chi connectivity index (χ1) is 20.7. The van der Waals surface area contributed by atoms with Gasteiger partial charge in [0.25, 0.3) is 0 Å². The van der Waals surface area contributed by atoms with Crippen LogP contribution in [0.2, 0.25) is 0 Å². The number of carbonyl (C=O) groups excluding carboxylic acids is 1. The van der Waals surface area contributed by atoms with Crippen LogP contribution in [0, 0.1) is 0 Å². The highest BCUT2D eigenvalue weighted by molar-refractivity contribution is 5.69. The quantitative estimate of drug-likeness (QED) is 0.0499. The second-order valence-corrected chi connectivity index (χ2v) is 11.2. The Balaban J connectivity index is 3.59. The number of aliphatic hydroxyl groups excluding tert-OH is 1. The first-order valence-corrected chi connectivity index (χ1v) is 17.4. The van der Waals surface area contributed by atoms with Crippen molar-refractivity contribution >= 4 is 5.97 Å². The zero-order chi connectivity index (χ0) is 30.6. The Bertz CT molecular complexity index is 704. The third-order valence-corrected chi connectivity index (χ3v) is 7.13. The number of allylic oxidation sites excluding steroid dienone is 9. The Kier molecular flexibility index (Phi) is 33.7. The van der Waals surface area contributed by atoms with Crippen molar-refractivity contribution in [2.24, 2.45) is 0 Å². The molecule has 0 bridgehead atoms. The number of esters is 1. The standard InChI is InChI=1S/C38H66O4/c1-3-5-7-9-11-13-15-17-19-20-22-24-26-28-30-32-34-41-36-37(35-39)42-38(40)33-31-29-27-25-23-21-18-16-14-12-10-8-6-4-2/h5,7,11,13,17,19,22,24,28,30,37,39H,3-4,6,8-10,12,14-16,18,20-21,23,25-27,29,31-36H2,1-2H3/b7-5-,13-11-,19-17-,24-22-,30-28-. The van der Waals surface area contributed by atoms with Crippen LogP contribution in [0.3, 0.4) is 0 Å². The summed E-state index contributed by atoms with van der Waals surface area (Å²) in [6, 6.07) is 0. The molecule has 0 rings (SSSR count). The Morgan fingerprint density at radius 1 is 0.595 bits per heavy atom. The summed E-state index contributed by atoms with van der Waals surface area (Å²) in [6.45, 7) is 5.01. The van der Waals surface area contributed by atoms with E-state index in [0.717, 1.165) is 51.4 Å². The number of aliphatic hydroxyl groups is 1. The van der Waals surface area contributed by atoms with Crippen LogP contribution in [0.1, 0.15) is 149 Å². The molecule has 0 aromatic carbocycles. The van der Waals surface area contributed by atoms with Gasteiger partial charge in [-0.25, -0.2) is 0 Å². The van der Waals surface area contributed by atoms with Crippen LogP contribution in [0.15, 0.2) is 60.8 Å². The van der Waals surface area contributed by atoms with Crippen LogP contribution in [0.25, 0.3) is 0 Å². The van der Waals surface area contributed by atoms with Gasteiger partial charge in [-0.3, -0.25) is 4.79 Å². The lowest BCUT2D eigenvalue weighted by Crippen LogP contribution is -2.27. The van der Waals surface area contributed by atoms with Crippen molar-refractivity contribution < 1.29 is 19.4 Å². The molecule has 1 unspecified atom stereocenters. The van der Waals surface area contributed by atoms with E-state index in [9.17, 15) is 9.90 Å². The minimum absolute atomic E-state index is 0.202. The van der Waals surface area contributed by atoms with Crippen molar-refractivity contribution in [1.29, 1.82) is 0 Å². The number of hydrogen-bond donors (Lipinski definition) is 1. The highest BCUT2D eigenvalue weighted by Crippen LogP contribution is 2.13. The van der Waals surface area contributed by atoms with Crippen molar-refractivity contribution in [3.05, 3.63) is 60.8 Å². The van der Waals surface area contributed by atoms with E-state index in [-0.39, 0.29) is 19.2 Å². The van der Waals surface area contributed by atoms with Gasteiger partial charge in [-0.05, 0) is 44.9 Å². The molecule has 242 valence electrons. The third-order valence-electron chi connectivity index (χ3n) is 7.13. The second kappa shape index (κ2) is 35.3. The normalized spacial score (nSPS) is 13.1. The maximum absolute atomic E-state index is 12.1. The largest absolute Gasteiger partial charge is 0.457 e. The van der Waals surface area contributed by atoms with Crippen LogP contribution in [-0.4, -0.2) is 37.0 Å². The Morgan fingerprint density at radius 2 is 1.02 bits per heavy atom. The molecule has 4 nitrogen and oxygen atoms in total. The molecule has 0 aromatic rings. The Hall–Kier alpha value is -1.91. The van der Waals surface area contributed by atoms with Gasteiger partial charge in [0, 0.05) is 6.42 Å². The summed E-state index contributed by atoms with van der Waals surface area (Å²) in [7, 11) is 0. The van der Waals surface area contributed by atoms with E-state index < -0.39 is 6.10 Å². The van der Waals surface area contributed by atoms with Crippen molar-refractivity contribution in [2.45, 2.75) is 155 Å². The number of ether oxygens (including phenoxy) is 2. The molecule has 4 heteroatoms. The molecule has 0 aliphatic rings. The number of hydrogen-bond acceptors (Lipinski definition) is 4. The van der Waals surface area contributed by atoms with Crippen molar-refractivity contribution in [1.82, 2.24) is 0 Å². The lowest BCUT2D eigenvalue weighted by molar-refractivity contribution is -0.154. The van der Waals surface area contributed by atoms with E-state index in [4.69, 9.17) is 9.47 Å². The minimum Gasteiger partial charge on any atom is -0.457 e. The lowest BCUT2D eigenvalue weighted by Gasteiger charge is -2.15. The van der Waals surface area contributed by atoms with Gasteiger partial charge in [0.1, 0.15) is 6.10 Å². The number of carbonyl (C=O) groups is 1. The molecule has 0 saturated carbocycles. The monoisotopic (exact) mass is 586 g/mol. The van der Waals surface area contributed by atoms with Crippen molar-refractivity contribution in [2.75, 3.05) is 19.8 Å². The SMILES string of the molecule is CC/C=C\C/C=C\C/C=C\C/C=C\C/C=C\CCOCC(CO)OC(=O)CCCCCCCCCCCCCCCC. The third kappa shape index (κ3) is 32.6. The average molecular weight is 587 g/mol. The van der Waals surface area contributed by atoms with Crippen LogP contribution < -0.4 is 0 Å². The van der Waals surface area contributed by atoms with Crippen LogP contribution in [0.4, 0.5) is 0 Å². The molecule has 0 radical (unpaired) electrons. The highest BCUT2D eigenvalue weighted by atomic mass is 16.6. The summed E-state index contributed by atoms with van der Waals surface area (Å²) in [5.41, 5.74) is 0. The topological polar surface area (TPSA) is 55.8 Å². The Labute approximate surface area is 260 Å². The molecule has 1 atom stereocenters. The molecule has 42 heavy (non-hydrogen) atoms. The highest BCUT2D eigenvalue weighted by Gasteiger charge is 2.13. The van der Waals surface area contributed by atoms with Gasteiger partial charge < -0.3 is 14.6 Å². The smallest absolute Gasteiger partial charge is 0.306 e. The van der Waals surface area contributed by atoms with Gasteiger partial charge in [0.2, 0.25) is 0 Å². The van der Waals surface area contributed by atoms with E-state index in [2.05, 4.69) is 74.6 Å². The van der Waals surface area contributed by atoms with Crippen LogP contribution in [-0.2, 0) is 14.3 Å². The number of unbranched alkanes of at least 4 members (excludes halogenated alkanes) is 13. The molecular weight excluding hydrogens is 520 g/mol. The summed E-state index contributed by atoms with van der Waals surface area (Å²) in [5.74, 6) is -0.227. The molecule has 0 aliphatic heterocycles. The van der Waals surface area contributed by atoms with Crippen molar-refractivity contribution in [3.8, 4) is 0 Å². The van der Waals surface area contributed by atoms with Gasteiger partial charge in [-0.15, -0.1) is 0 Å².